The minimum Gasteiger partial charge on any atom is -0.268 e. The third-order valence-electron chi connectivity index (χ3n) is 4.48. The van der Waals surface area contributed by atoms with Crippen LogP contribution in [-0.4, -0.2) is 16.8 Å². The highest BCUT2D eigenvalue weighted by molar-refractivity contribution is 7.81. The van der Waals surface area contributed by atoms with Gasteiger partial charge in [0.05, 0.1) is 0 Å². The summed E-state index contributed by atoms with van der Waals surface area (Å²) in [6.07, 6.45) is 15.6. The molecule has 0 amide bonds. The third-order valence-corrected chi connectivity index (χ3v) is 4.69. The summed E-state index contributed by atoms with van der Waals surface area (Å²) in [5, 5.41) is 3.79. The molecule has 5 heteroatoms. The van der Waals surface area contributed by atoms with Crippen LogP contribution in [0.15, 0.2) is 0 Å². The average Bonchev–Trinajstić information content (AvgIpc) is 3.38. The van der Waals surface area contributed by atoms with Gasteiger partial charge in [-0.2, -0.15) is 17.5 Å². The monoisotopic (exact) mass is 376 g/mol. The number of carbonyl (C=O) groups excluding carboxylic acids is 1. The second kappa shape index (κ2) is 14.9. The SMILES string of the molecule is CCC(C)(C)OOOC(=O)C(C)S.CCCCCCCCCC1CC1. The summed E-state index contributed by atoms with van der Waals surface area (Å²) in [4.78, 5) is 19.9. The number of hydrogen-bond donors (Lipinski definition) is 1. The molecule has 4 nitrogen and oxygen atoms in total. The van der Waals surface area contributed by atoms with E-state index in [4.69, 9.17) is 4.89 Å². The van der Waals surface area contributed by atoms with E-state index in [1.54, 1.807) is 6.92 Å². The normalized spacial score (nSPS) is 15.3. The van der Waals surface area contributed by atoms with Crippen molar-refractivity contribution in [2.75, 3.05) is 0 Å². The highest BCUT2D eigenvalue weighted by atomic mass is 32.1. The number of rotatable bonds is 13. The van der Waals surface area contributed by atoms with E-state index in [2.05, 4.69) is 29.5 Å². The second-order valence-electron chi connectivity index (χ2n) is 7.70. The predicted octanol–water partition coefficient (Wildman–Crippen LogP) is 6.44. The zero-order valence-electron chi connectivity index (χ0n) is 17.0. The van der Waals surface area contributed by atoms with Crippen LogP contribution in [0.1, 0.15) is 105 Å². The molecule has 0 bridgehead atoms. The first-order valence-corrected chi connectivity index (χ1v) is 10.6. The molecule has 0 aromatic carbocycles. The molecule has 1 atom stereocenters. The molecule has 0 radical (unpaired) electrons. The lowest BCUT2D eigenvalue weighted by molar-refractivity contribution is -0.516. The van der Waals surface area contributed by atoms with Crippen LogP contribution in [0.25, 0.3) is 0 Å². The van der Waals surface area contributed by atoms with Gasteiger partial charge in [-0.1, -0.05) is 78.1 Å². The van der Waals surface area contributed by atoms with Gasteiger partial charge < -0.3 is 0 Å². The van der Waals surface area contributed by atoms with Crippen molar-refractivity contribution in [3.05, 3.63) is 0 Å². The standard InChI is InChI=1S/C12H24.C8H16O4S/c1-2-3-4-5-6-7-8-9-12-10-11-12;1-5-8(3,4)11-12-10-7(9)6(2)13/h12H,2-11H2,1H3;6,13H,5H2,1-4H3. The Bertz CT molecular complexity index is 328. The summed E-state index contributed by atoms with van der Waals surface area (Å²) in [6.45, 7) is 9.45. The van der Waals surface area contributed by atoms with Gasteiger partial charge in [0.1, 0.15) is 10.9 Å². The first kappa shape index (κ1) is 24.7. The molecular weight excluding hydrogens is 336 g/mol. The Morgan fingerprint density at radius 2 is 1.64 bits per heavy atom. The van der Waals surface area contributed by atoms with Crippen molar-refractivity contribution in [3.8, 4) is 0 Å². The predicted molar refractivity (Wildman–Crippen MR) is 106 cm³/mol. The number of thiol groups is 1. The van der Waals surface area contributed by atoms with Gasteiger partial charge in [0, 0.05) is 0 Å². The fraction of sp³-hybridized carbons (Fsp3) is 0.950. The Hall–Kier alpha value is -0.260. The lowest BCUT2D eigenvalue weighted by atomic mass is 10.1. The molecule has 0 heterocycles. The van der Waals surface area contributed by atoms with Crippen LogP contribution >= 0.6 is 12.6 Å². The molecule has 150 valence electrons. The van der Waals surface area contributed by atoms with Gasteiger partial charge in [0.15, 0.2) is 0 Å². The van der Waals surface area contributed by atoms with Crippen molar-refractivity contribution in [2.24, 2.45) is 5.92 Å². The molecular formula is C20H40O4S. The van der Waals surface area contributed by atoms with Crippen LogP contribution in [0.5, 0.6) is 0 Å². The molecule has 1 saturated carbocycles. The van der Waals surface area contributed by atoms with Gasteiger partial charge in [0.25, 0.3) is 0 Å². The van der Waals surface area contributed by atoms with Crippen molar-refractivity contribution in [2.45, 2.75) is 116 Å². The van der Waals surface area contributed by atoms with Crippen molar-refractivity contribution in [1.82, 2.24) is 0 Å². The smallest absolute Gasteiger partial charge is 0.268 e. The summed E-state index contributed by atoms with van der Waals surface area (Å²) in [5.41, 5.74) is -0.458. The number of hydrogen-bond acceptors (Lipinski definition) is 5. The summed E-state index contributed by atoms with van der Waals surface area (Å²) in [5.74, 6) is 0.580. The minimum atomic E-state index is -0.574. The largest absolute Gasteiger partial charge is 0.357 e. The van der Waals surface area contributed by atoms with E-state index in [1.165, 1.54) is 64.2 Å². The molecule has 0 spiro atoms. The van der Waals surface area contributed by atoms with Crippen LogP contribution in [0, 0.1) is 5.92 Å². The van der Waals surface area contributed by atoms with Crippen LogP contribution in [0.4, 0.5) is 0 Å². The molecule has 0 saturated heterocycles. The highest BCUT2D eigenvalue weighted by Gasteiger charge is 2.20. The Morgan fingerprint density at radius 3 is 2.12 bits per heavy atom. The van der Waals surface area contributed by atoms with E-state index in [-0.39, 0.29) is 0 Å². The van der Waals surface area contributed by atoms with Crippen LogP contribution in [0.3, 0.4) is 0 Å². The summed E-state index contributed by atoms with van der Waals surface area (Å²) in [6, 6.07) is 0. The molecule has 1 fully saturated rings. The quantitative estimate of drug-likeness (QED) is 0.174. The molecule has 1 aliphatic rings. The van der Waals surface area contributed by atoms with E-state index < -0.39 is 16.8 Å². The van der Waals surface area contributed by atoms with E-state index in [0.29, 0.717) is 0 Å². The van der Waals surface area contributed by atoms with Crippen LogP contribution in [-0.2, 0) is 19.6 Å². The topological polar surface area (TPSA) is 44.8 Å². The number of unbranched alkanes of at least 4 members (excludes halogenated alkanes) is 6. The maximum absolute atomic E-state index is 10.8. The molecule has 1 unspecified atom stereocenters. The van der Waals surface area contributed by atoms with E-state index in [0.717, 1.165) is 12.3 Å². The fourth-order valence-electron chi connectivity index (χ4n) is 2.07. The van der Waals surface area contributed by atoms with Gasteiger partial charge in [0.2, 0.25) is 0 Å². The highest BCUT2D eigenvalue weighted by Crippen LogP contribution is 2.34. The summed E-state index contributed by atoms with van der Waals surface area (Å²) < 4.78 is 0. The minimum absolute atomic E-state index is 0.458. The van der Waals surface area contributed by atoms with Gasteiger partial charge in [-0.25, -0.2) is 4.79 Å². The molecule has 0 aliphatic heterocycles. The average molecular weight is 377 g/mol. The lowest BCUT2D eigenvalue weighted by Gasteiger charge is -2.19. The zero-order valence-corrected chi connectivity index (χ0v) is 17.9. The Kier molecular flexibility index (Phi) is 14.7. The van der Waals surface area contributed by atoms with Gasteiger partial charge >= 0.3 is 5.97 Å². The van der Waals surface area contributed by atoms with E-state index in [9.17, 15) is 4.79 Å². The van der Waals surface area contributed by atoms with Crippen molar-refractivity contribution in [3.63, 3.8) is 0 Å². The Balaban J connectivity index is 0.000000462. The number of carbonyl (C=O) groups is 1. The maximum atomic E-state index is 10.8. The van der Waals surface area contributed by atoms with Crippen molar-refractivity contribution >= 4 is 18.6 Å². The van der Waals surface area contributed by atoms with Crippen LogP contribution in [0.2, 0.25) is 0 Å². The van der Waals surface area contributed by atoms with E-state index >= 15 is 0 Å². The molecule has 0 aromatic rings. The zero-order chi connectivity index (χ0) is 19.1. The Labute approximate surface area is 160 Å². The van der Waals surface area contributed by atoms with Crippen molar-refractivity contribution < 1.29 is 19.6 Å². The first-order valence-electron chi connectivity index (χ1n) is 10.1. The molecule has 25 heavy (non-hydrogen) atoms. The maximum Gasteiger partial charge on any atom is 0.357 e. The van der Waals surface area contributed by atoms with E-state index in [1.807, 2.05) is 20.8 Å². The lowest BCUT2D eigenvalue weighted by Crippen LogP contribution is -2.25. The Morgan fingerprint density at radius 1 is 1.08 bits per heavy atom. The third kappa shape index (κ3) is 16.9. The first-order chi connectivity index (χ1) is 11.8. The van der Waals surface area contributed by atoms with Crippen molar-refractivity contribution in [1.29, 1.82) is 0 Å². The molecule has 1 rings (SSSR count). The van der Waals surface area contributed by atoms with Gasteiger partial charge in [-0.05, 0) is 38.1 Å². The summed E-state index contributed by atoms with van der Waals surface area (Å²) >= 11 is 3.85. The molecule has 0 N–H and O–H groups in total. The van der Waals surface area contributed by atoms with Crippen LogP contribution < -0.4 is 0 Å². The molecule has 0 aromatic heterocycles. The second-order valence-corrected chi connectivity index (χ2v) is 8.47. The van der Waals surface area contributed by atoms with Gasteiger partial charge in [-0.15, -0.1) is 0 Å². The molecule has 1 aliphatic carbocycles. The summed E-state index contributed by atoms with van der Waals surface area (Å²) in [7, 11) is 0. The fourth-order valence-corrected chi connectivity index (χ4v) is 2.11. The van der Waals surface area contributed by atoms with Gasteiger partial charge in [-0.3, -0.25) is 4.89 Å².